The predicted molar refractivity (Wildman–Crippen MR) is 109 cm³/mol. The number of nitrogens with one attached hydrogen (secondary N) is 1. The van der Waals surface area contributed by atoms with Gasteiger partial charge in [0.15, 0.2) is 5.76 Å². The molecule has 1 aliphatic heterocycles. The monoisotopic (exact) mass is 431 g/mol. The molecule has 31 heavy (non-hydrogen) atoms. The van der Waals surface area contributed by atoms with Gasteiger partial charge in [0, 0.05) is 31.6 Å². The number of furan rings is 1. The maximum Gasteiger partial charge on any atom is 0.418 e. The van der Waals surface area contributed by atoms with Crippen LogP contribution in [0, 0.1) is 0 Å². The summed E-state index contributed by atoms with van der Waals surface area (Å²) in [6.07, 6.45) is -4.55. The highest BCUT2D eigenvalue weighted by atomic mass is 19.4. The van der Waals surface area contributed by atoms with Crippen LogP contribution in [0.5, 0.6) is 0 Å². The molecule has 1 N–H and O–H groups in total. The van der Waals surface area contributed by atoms with E-state index in [1.807, 2.05) is 18.2 Å². The van der Waals surface area contributed by atoms with E-state index in [4.69, 9.17) is 4.42 Å². The van der Waals surface area contributed by atoms with Crippen molar-refractivity contribution in [2.24, 2.45) is 0 Å². The molecule has 0 aliphatic carbocycles. The molecule has 1 saturated heterocycles. The fraction of sp³-hybridized carbons (Fsp3) is 0.273. The summed E-state index contributed by atoms with van der Waals surface area (Å²) in [7, 11) is 0. The maximum absolute atomic E-state index is 13.1. The number of hydrogen-bond donors (Lipinski definition) is 1. The number of para-hydroxylation sites is 2. The molecule has 3 aromatic rings. The third-order valence-electron chi connectivity index (χ3n) is 5.17. The van der Waals surface area contributed by atoms with E-state index in [1.54, 1.807) is 21.9 Å². The second-order valence-electron chi connectivity index (χ2n) is 7.31. The molecular formula is C22H20F3N3O3. The van der Waals surface area contributed by atoms with Crippen LogP contribution >= 0.6 is 0 Å². The number of carbonyl (C=O) groups is 2. The molecule has 6 nitrogen and oxygen atoms in total. The fourth-order valence-corrected chi connectivity index (χ4v) is 3.58. The van der Waals surface area contributed by atoms with Crippen molar-refractivity contribution in [3.8, 4) is 0 Å². The minimum atomic E-state index is -4.55. The number of halogens is 3. The Labute approximate surface area is 176 Å². The minimum absolute atomic E-state index is 0.0567. The summed E-state index contributed by atoms with van der Waals surface area (Å²) >= 11 is 0. The lowest BCUT2D eigenvalue weighted by atomic mass is 10.1. The summed E-state index contributed by atoms with van der Waals surface area (Å²) in [4.78, 5) is 28.4. The first-order valence-electron chi connectivity index (χ1n) is 9.77. The highest BCUT2D eigenvalue weighted by molar-refractivity contribution is 5.96. The van der Waals surface area contributed by atoms with E-state index in [0.717, 1.165) is 11.5 Å². The van der Waals surface area contributed by atoms with Crippen molar-refractivity contribution in [1.29, 1.82) is 0 Å². The standard InChI is InChI=1S/C22H20F3N3O3/c23-22(24,25)16-6-2-3-7-17(16)26-20(29)14-27-9-11-28(12-10-27)21(30)19-13-15-5-1-4-8-18(15)31-19/h1-8,13H,9-12,14H2,(H,26,29). The molecule has 0 unspecified atom stereocenters. The molecule has 1 aliphatic rings. The number of fused-ring (bicyclic) bond motifs is 1. The molecule has 1 fully saturated rings. The van der Waals surface area contributed by atoms with Crippen LogP contribution in [-0.4, -0.2) is 54.3 Å². The van der Waals surface area contributed by atoms with Crippen LogP contribution in [0.3, 0.4) is 0 Å². The van der Waals surface area contributed by atoms with Crippen LogP contribution < -0.4 is 5.32 Å². The van der Waals surface area contributed by atoms with Gasteiger partial charge in [0.2, 0.25) is 5.91 Å². The van der Waals surface area contributed by atoms with Gasteiger partial charge >= 0.3 is 6.18 Å². The van der Waals surface area contributed by atoms with E-state index < -0.39 is 17.6 Å². The first-order valence-corrected chi connectivity index (χ1v) is 9.77. The van der Waals surface area contributed by atoms with E-state index >= 15 is 0 Å². The van der Waals surface area contributed by atoms with Gasteiger partial charge in [-0.15, -0.1) is 0 Å². The van der Waals surface area contributed by atoms with Crippen molar-refractivity contribution in [2.45, 2.75) is 6.18 Å². The first kappa shape index (κ1) is 20.9. The van der Waals surface area contributed by atoms with Gasteiger partial charge in [-0.2, -0.15) is 13.2 Å². The number of hydrogen-bond acceptors (Lipinski definition) is 4. The average Bonchev–Trinajstić information content (AvgIpc) is 3.17. The Morgan fingerprint density at radius 1 is 0.968 bits per heavy atom. The largest absolute Gasteiger partial charge is 0.451 e. The number of rotatable bonds is 4. The normalized spacial score (nSPS) is 15.3. The molecule has 4 rings (SSSR count). The highest BCUT2D eigenvalue weighted by Gasteiger charge is 2.33. The van der Waals surface area contributed by atoms with Crippen LogP contribution in [-0.2, 0) is 11.0 Å². The van der Waals surface area contributed by atoms with Crippen LogP contribution in [0.4, 0.5) is 18.9 Å². The van der Waals surface area contributed by atoms with E-state index in [9.17, 15) is 22.8 Å². The number of nitrogens with zero attached hydrogens (tertiary/aromatic N) is 2. The van der Waals surface area contributed by atoms with Gasteiger partial charge in [0.1, 0.15) is 5.58 Å². The number of anilines is 1. The van der Waals surface area contributed by atoms with Crippen LogP contribution in [0.2, 0.25) is 0 Å². The van der Waals surface area contributed by atoms with Crippen molar-refractivity contribution in [2.75, 3.05) is 38.0 Å². The lowest BCUT2D eigenvalue weighted by molar-refractivity contribution is -0.137. The van der Waals surface area contributed by atoms with Crippen LogP contribution in [0.25, 0.3) is 11.0 Å². The van der Waals surface area contributed by atoms with Crippen molar-refractivity contribution in [3.05, 3.63) is 65.9 Å². The summed E-state index contributed by atoms with van der Waals surface area (Å²) in [6.45, 7) is 1.59. The Hall–Kier alpha value is -3.33. The highest BCUT2D eigenvalue weighted by Crippen LogP contribution is 2.34. The van der Waals surface area contributed by atoms with Gasteiger partial charge in [-0.05, 0) is 24.3 Å². The number of benzene rings is 2. The molecule has 0 atom stereocenters. The number of piperazine rings is 1. The van der Waals surface area contributed by atoms with E-state index in [1.165, 1.54) is 18.2 Å². The van der Waals surface area contributed by atoms with Gasteiger partial charge in [-0.25, -0.2) is 0 Å². The summed E-state index contributed by atoms with van der Waals surface area (Å²) in [6, 6.07) is 13.9. The zero-order valence-corrected chi connectivity index (χ0v) is 16.5. The Balaban J connectivity index is 1.32. The second-order valence-corrected chi connectivity index (χ2v) is 7.31. The van der Waals surface area contributed by atoms with Crippen molar-refractivity contribution < 1.29 is 27.2 Å². The van der Waals surface area contributed by atoms with E-state index in [2.05, 4.69) is 5.32 Å². The van der Waals surface area contributed by atoms with Gasteiger partial charge < -0.3 is 14.6 Å². The maximum atomic E-state index is 13.1. The first-order chi connectivity index (χ1) is 14.8. The number of alkyl halides is 3. The van der Waals surface area contributed by atoms with Gasteiger partial charge in [0.25, 0.3) is 5.91 Å². The Morgan fingerprint density at radius 3 is 2.35 bits per heavy atom. The Morgan fingerprint density at radius 2 is 1.65 bits per heavy atom. The summed E-state index contributed by atoms with van der Waals surface area (Å²) in [5, 5.41) is 3.19. The molecule has 1 aromatic heterocycles. The predicted octanol–water partition coefficient (Wildman–Crippen LogP) is 3.85. The number of carbonyl (C=O) groups excluding carboxylic acids is 2. The van der Waals surface area contributed by atoms with E-state index in [0.29, 0.717) is 31.8 Å². The van der Waals surface area contributed by atoms with Crippen molar-refractivity contribution in [1.82, 2.24) is 9.80 Å². The Kier molecular flexibility index (Phi) is 5.69. The summed E-state index contributed by atoms with van der Waals surface area (Å²) in [5.74, 6) is -0.496. The van der Waals surface area contributed by atoms with Gasteiger partial charge in [-0.3, -0.25) is 14.5 Å². The van der Waals surface area contributed by atoms with E-state index in [-0.39, 0.29) is 23.9 Å². The summed E-state index contributed by atoms with van der Waals surface area (Å²) < 4.78 is 44.9. The zero-order chi connectivity index (χ0) is 22.0. The van der Waals surface area contributed by atoms with Crippen molar-refractivity contribution in [3.63, 3.8) is 0 Å². The summed E-state index contributed by atoms with van der Waals surface area (Å²) in [5.41, 5.74) is -0.511. The number of amides is 2. The molecule has 9 heteroatoms. The van der Waals surface area contributed by atoms with Crippen molar-refractivity contribution >= 4 is 28.5 Å². The van der Waals surface area contributed by atoms with Gasteiger partial charge in [0.05, 0.1) is 17.8 Å². The lowest BCUT2D eigenvalue weighted by Gasteiger charge is -2.33. The fourth-order valence-electron chi connectivity index (χ4n) is 3.58. The molecule has 2 heterocycles. The van der Waals surface area contributed by atoms with Crippen LogP contribution in [0.1, 0.15) is 16.1 Å². The molecule has 0 bridgehead atoms. The quantitative estimate of drug-likeness (QED) is 0.682. The third kappa shape index (κ3) is 4.72. The second kappa shape index (κ2) is 8.43. The zero-order valence-electron chi connectivity index (χ0n) is 16.5. The average molecular weight is 431 g/mol. The molecule has 0 spiro atoms. The molecule has 2 amide bonds. The molecule has 162 valence electrons. The molecule has 0 saturated carbocycles. The van der Waals surface area contributed by atoms with Crippen LogP contribution in [0.15, 0.2) is 59.0 Å². The smallest absolute Gasteiger partial charge is 0.418 e. The molecule has 2 aromatic carbocycles. The lowest BCUT2D eigenvalue weighted by Crippen LogP contribution is -2.50. The SMILES string of the molecule is O=C(CN1CCN(C(=O)c2cc3ccccc3o2)CC1)Nc1ccccc1C(F)(F)F. The van der Waals surface area contributed by atoms with Gasteiger partial charge in [-0.1, -0.05) is 30.3 Å². The third-order valence-corrected chi connectivity index (χ3v) is 5.17. The Bertz CT molecular complexity index is 1070. The minimum Gasteiger partial charge on any atom is -0.451 e. The molecule has 0 radical (unpaired) electrons. The topological polar surface area (TPSA) is 65.8 Å². The molecular weight excluding hydrogens is 411 g/mol.